The molecule has 0 aromatic carbocycles. The minimum absolute atomic E-state index is 0.235. The summed E-state index contributed by atoms with van der Waals surface area (Å²) in [5, 5.41) is 0. The van der Waals surface area contributed by atoms with Crippen molar-refractivity contribution in [2.45, 2.75) is 53.0 Å². The van der Waals surface area contributed by atoms with Crippen molar-refractivity contribution in [2.75, 3.05) is 6.61 Å². The number of carbonyl (C=O) groups excluding carboxylic acids is 1. The number of hydrogen-bond donors (Lipinski definition) is 1. The van der Waals surface area contributed by atoms with Gasteiger partial charge < -0.3 is 10.5 Å². The molecule has 0 saturated carbocycles. The molecule has 0 amide bonds. The predicted molar refractivity (Wildman–Crippen MR) is 57.9 cm³/mol. The van der Waals surface area contributed by atoms with Crippen molar-refractivity contribution in [1.29, 1.82) is 0 Å². The van der Waals surface area contributed by atoms with Crippen molar-refractivity contribution in [1.82, 2.24) is 0 Å². The van der Waals surface area contributed by atoms with Gasteiger partial charge in [0.05, 0.1) is 6.61 Å². The van der Waals surface area contributed by atoms with Gasteiger partial charge in [0, 0.05) is 0 Å². The summed E-state index contributed by atoms with van der Waals surface area (Å²) in [5.74, 6) is -0.329. The van der Waals surface area contributed by atoms with Gasteiger partial charge in [-0.3, -0.25) is 4.79 Å². The standard InChI is InChI=1S/C11H23NO2/c1-6-10(2,3)7-8-14-9(13)11(4,5)12/h6-8,12H2,1-5H3. The Morgan fingerprint density at radius 1 is 1.29 bits per heavy atom. The highest BCUT2D eigenvalue weighted by atomic mass is 16.5. The fourth-order valence-electron chi connectivity index (χ4n) is 0.783. The lowest BCUT2D eigenvalue weighted by atomic mass is 9.87. The van der Waals surface area contributed by atoms with E-state index >= 15 is 0 Å². The molecule has 0 fully saturated rings. The van der Waals surface area contributed by atoms with Crippen LogP contribution in [-0.4, -0.2) is 18.1 Å². The molecule has 0 aromatic heterocycles. The van der Waals surface area contributed by atoms with Crippen LogP contribution in [0.1, 0.15) is 47.5 Å². The fourth-order valence-corrected chi connectivity index (χ4v) is 0.783. The first-order valence-electron chi connectivity index (χ1n) is 5.15. The van der Waals surface area contributed by atoms with Crippen molar-refractivity contribution < 1.29 is 9.53 Å². The second-order valence-electron chi connectivity index (χ2n) is 5.13. The highest BCUT2D eigenvalue weighted by Gasteiger charge is 2.24. The molecule has 84 valence electrons. The van der Waals surface area contributed by atoms with Gasteiger partial charge in [0.1, 0.15) is 5.54 Å². The summed E-state index contributed by atoms with van der Waals surface area (Å²) >= 11 is 0. The zero-order valence-corrected chi connectivity index (χ0v) is 10.0. The first kappa shape index (κ1) is 13.4. The van der Waals surface area contributed by atoms with Crippen LogP contribution >= 0.6 is 0 Å². The maximum Gasteiger partial charge on any atom is 0.325 e. The van der Waals surface area contributed by atoms with E-state index in [4.69, 9.17) is 10.5 Å². The summed E-state index contributed by atoms with van der Waals surface area (Å²) in [4.78, 5) is 11.3. The topological polar surface area (TPSA) is 52.3 Å². The average Bonchev–Trinajstić information content (AvgIpc) is 2.02. The van der Waals surface area contributed by atoms with Gasteiger partial charge in [-0.05, 0) is 25.7 Å². The van der Waals surface area contributed by atoms with E-state index in [-0.39, 0.29) is 11.4 Å². The lowest BCUT2D eigenvalue weighted by Gasteiger charge is -2.23. The van der Waals surface area contributed by atoms with Gasteiger partial charge in [0.2, 0.25) is 0 Å². The van der Waals surface area contributed by atoms with Crippen LogP contribution in [0.5, 0.6) is 0 Å². The Morgan fingerprint density at radius 3 is 2.14 bits per heavy atom. The normalized spacial score (nSPS) is 12.7. The average molecular weight is 201 g/mol. The molecule has 0 aliphatic rings. The Hall–Kier alpha value is -0.570. The van der Waals surface area contributed by atoms with Gasteiger partial charge in [-0.2, -0.15) is 0 Å². The number of carbonyl (C=O) groups is 1. The molecule has 0 aliphatic carbocycles. The molecule has 14 heavy (non-hydrogen) atoms. The number of esters is 1. The SMILES string of the molecule is CCC(C)(C)CCOC(=O)C(C)(C)N. The van der Waals surface area contributed by atoms with Crippen LogP contribution in [0.15, 0.2) is 0 Å². The Morgan fingerprint density at radius 2 is 1.79 bits per heavy atom. The fraction of sp³-hybridized carbons (Fsp3) is 0.909. The van der Waals surface area contributed by atoms with Gasteiger partial charge in [-0.15, -0.1) is 0 Å². The number of nitrogens with two attached hydrogens (primary N) is 1. The molecule has 0 radical (unpaired) electrons. The molecule has 0 saturated heterocycles. The Labute approximate surface area is 87.0 Å². The molecule has 0 spiro atoms. The van der Waals surface area contributed by atoms with Crippen LogP contribution in [0.4, 0.5) is 0 Å². The summed E-state index contributed by atoms with van der Waals surface area (Å²) in [7, 11) is 0. The molecule has 0 bridgehead atoms. The first-order chi connectivity index (χ1) is 6.19. The molecule has 0 aliphatic heterocycles. The Balaban J connectivity index is 3.82. The van der Waals surface area contributed by atoms with E-state index in [1.54, 1.807) is 13.8 Å². The molecule has 3 nitrogen and oxygen atoms in total. The zero-order valence-electron chi connectivity index (χ0n) is 10.0. The number of hydrogen-bond acceptors (Lipinski definition) is 3. The van der Waals surface area contributed by atoms with E-state index in [1.165, 1.54) is 0 Å². The first-order valence-corrected chi connectivity index (χ1v) is 5.15. The van der Waals surface area contributed by atoms with Crippen LogP contribution in [0.3, 0.4) is 0 Å². The van der Waals surface area contributed by atoms with Gasteiger partial charge in [-0.25, -0.2) is 0 Å². The van der Waals surface area contributed by atoms with E-state index in [0.717, 1.165) is 12.8 Å². The monoisotopic (exact) mass is 201 g/mol. The third kappa shape index (κ3) is 5.22. The van der Waals surface area contributed by atoms with Crippen molar-refractivity contribution in [3.8, 4) is 0 Å². The molecule has 0 rings (SSSR count). The lowest BCUT2D eigenvalue weighted by Crippen LogP contribution is -2.43. The molecule has 3 heteroatoms. The van der Waals surface area contributed by atoms with E-state index in [1.807, 2.05) is 0 Å². The molecule has 2 N–H and O–H groups in total. The van der Waals surface area contributed by atoms with Crippen molar-refractivity contribution in [2.24, 2.45) is 11.1 Å². The van der Waals surface area contributed by atoms with Gasteiger partial charge in [0.25, 0.3) is 0 Å². The Kier molecular flexibility index (Phi) is 4.59. The quantitative estimate of drug-likeness (QED) is 0.693. The Bertz CT molecular complexity index is 192. The molecular formula is C11H23NO2. The summed E-state index contributed by atoms with van der Waals surface area (Å²) < 4.78 is 5.08. The van der Waals surface area contributed by atoms with Crippen LogP contribution in [0.25, 0.3) is 0 Å². The van der Waals surface area contributed by atoms with Crippen molar-refractivity contribution in [3.63, 3.8) is 0 Å². The lowest BCUT2D eigenvalue weighted by molar-refractivity contribution is -0.149. The minimum Gasteiger partial charge on any atom is -0.464 e. The highest BCUT2D eigenvalue weighted by Crippen LogP contribution is 2.24. The van der Waals surface area contributed by atoms with Crippen LogP contribution < -0.4 is 5.73 Å². The zero-order chi connectivity index (χ0) is 11.4. The molecule has 0 heterocycles. The number of ether oxygens (including phenoxy) is 1. The third-order valence-electron chi connectivity index (χ3n) is 2.50. The van der Waals surface area contributed by atoms with Gasteiger partial charge in [0.15, 0.2) is 0 Å². The minimum atomic E-state index is -0.879. The maximum atomic E-state index is 11.3. The smallest absolute Gasteiger partial charge is 0.325 e. The second-order valence-corrected chi connectivity index (χ2v) is 5.13. The van der Waals surface area contributed by atoms with Crippen molar-refractivity contribution in [3.05, 3.63) is 0 Å². The predicted octanol–water partition coefficient (Wildman–Crippen LogP) is 2.09. The summed E-state index contributed by atoms with van der Waals surface area (Å²) in [6.07, 6.45) is 1.96. The van der Waals surface area contributed by atoms with Crippen LogP contribution in [0.2, 0.25) is 0 Å². The second kappa shape index (κ2) is 4.78. The van der Waals surface area contributed by atoms with E-state index in [2.05, 4.69) is 20.8 Å². The molecular weight excluding hydrogens is 178 g/mol. The summed E-state index contributed by atoms with van der Waals surface area (Å²) in [6, 6.07) is 0. The maximum absolute atomic E-state index is 11.3. The third-order valence-corrected chi connectivity index (χ3v) is 2.50. The van der Waals surface area contributed by atoms with Gasteiger partial charge in [-0.1, -0.05) is 27.2 Å². The highest BCUT2D eigenvalue weighted by molar-refractivity contribution is 5.79. The van der Waals surface area contributed by atoms with E-state index in [9.17, 15) is 4.79 Å². The van der Waals surface area contributed by atoms with Crippen molar-refractivity contribution >= 4 is 5.97 Å². The van der Waals surface area contributed by atoms with Gasteiger partial charge >= 0.3 is 5.97 Å². The van der Waals surface area contributed by atoms with E-state index < -0.39 is 5.54 Å². The van der Waals surface area contributed by atoms with Crippen LogP contribution in [0, 0.1) is 5.41 Å². The van der Waals surface area contributed by atoms with Crippen LogP contribution in [-0.2, 0) is 9.53 Å². The number of rotatable bonds is 5. The summed E-state index contributed by atoms with van der Waals surface area (Å²) in [6.45, 7) is 10.2. The molecule has 0 aromatic rings. The largest absolute Gasteiger partial charge is 0.464 e. The van der Waals surface area contributed by atoms with E-state index in [0.29, 0.717) is 6.61 Å². The molecule has 0 unspecified atom stereocenters. The molecule has 0 atom stereocenters. The summed E-state index contributed by atoms with van der Waals surface area (Å²) in [5.41, 5.74) is 4.94.